The molecule has 3 unspecified atom stereocenters. The van der Waals surface area contributed by atoms with Crippen LogP contribution in [0.1, 0.15) is 173 Å². The van der Waals surface area contributed by atoms with Crippen LogP contribution in [0.5, 0.6) is 0 Å². The van der Waals surface area contributed by atoms with E-state index >= 15 is 0 Å². The molecule has 0 radical (unpaired) electrons. The second-order valence-electron chi connectivity index (χ2n) is 23.4. The van der Waals surface area contributed by atoms with Crippen molar-refractivity contribution in [2.24, 2.45) is 34.5 Å². The summed E-state index contributed by atoms with van der Waals surface area (Å²) in [5, 5.41) is 5.13. The molecule has 0 aromatic heterocycles. The van der Waals surface area contributed by atoms with Crippen LogP contribution in [0, 0.1) is 34.5 Å². The van der Waals surface area contributed by atoms with Gasteiger partial charge in [0.15, 0.2) is 0 Å². The van der Waals surface area contributed by atoms with E-state index in [-0.39, 0.29) is 84.6 Å². The molecule has 14 nitrogen and oxygen atoms in total. The third-order valence-electron chi connectivity index (χ3n) is 16.7. The second kappa shape index (κ2) is 21.5. The first-order valence-electron chi connectivity index (χ1n) is 25.1. The van der Waals surface area contributed by atoms with E-state index in [1.807, 2.05) is 48.5 Å². The van der Waals surface area contributed by atoms with Gasteiger partial charge in [0.25, 0.3) is 20.2 Å². The lowest BCUT2D eigenvalue weighted by Gasteiger charge is -2.60. The summed E-state index contributed by atoms with van der Waals surface area (Å²) >= 11 is 0. The molecule has 4 aliphatic carbocycles. The average molecular weight is 999 g/mol. The van der Waals surface area contributed by atoms with E-state index in [9.17, 15) is 36.0 Å². The molecular weight excluding hydrogens is 921 g/mol. The van der Waals surface area contributed by atoms with E-state index in [1.54, 1.807) is 0 Å². The van der Waals surface area contributed by atoms with Crippen molar-refractivity contribution in [2.75, 3.05) is 24.6 Å². The fraction of sp³-hybridized carbons (Fsp3) is 0.698. The van der Waals surface area contributed by atoms with Gasteiger partial charge in [0.05, 0.1) is 24.3 Å². The number of amides is 2. The molecule has 384 valence electrons. The van der Waals surface area contributed by atoms with Gasteiger partial charge in [-0.15, -0.1) is 0 Å². The molecule has 0 bridgehead atoms. The fourth-order valence-corrected chi connectivity index (χ4v) is 13.4. The number of fused-ring (bicyclic) bond motifs is 5. The van der Waals surface area contributed by atoms with Gasteiger partial charge in [0, 0.05) is 43.2 Å². The molecule has 6 rings (SSSR count). The SMILES string of the molecule is CC(C)(C)c1ccc(C(CC(=O)NCCS(=O)(=O)O)CC(=O)O[C@H]2CC[C@@]3(C)C(CC[C@H]4[C@@H]5CC[C@H](OC(=O)CC(CC(=O)NCCS(=O)(=O)O)c6ccc(C(C)(C)C)cc6)[C@@]5(C)CC[C@@H]43)C2)cc1. The molecule has 0 spiro atoms. The van der Waals surface area contributed by atoms with Crippen LogP contribution in [0.15, 0.2) is 48.5 Å². The Balaban J connectivity index is 1.06. The summed E-state index contributed by atoms with van der Waals surface area (Å²) < 4.78 is 75.9. The smallest absolute Gasteiger partial charge is 0.306 e. The zero-order valence-electron chi connectivity index (χ0n) is 42.1. The van der Waals surface area contributed by atoms with E-state index < -0.39 is 55.4 Å². The molecule has 4 fully saturated rings. The predicted octanol–water partition coefficient (Wildman–Crippen LogP) is 8.58. The Morgan fingerprint density at radius 2 is 1.06 bits per heavy atom. The molecule has 4 saturated carbocycles. The Labute approximate surface area is 411 Å². The highest BCUT2D eigenvalue weighted by atomic mass is 32.2. The van der Waals surface area contributed by atoms with Crippen LogP contribution in [0.3, 0.4) is 0 Å². The molecule has 2 aromatic rings. The molecule has 2 aromatic carbocycles. The van der Waals surface area contributed by atoms with Crippen molar-refractivity contribution in [1.29, 1.82) is 0 Å². The van der Waals surface area contributed by atoms with Crippen LogP contribution in [-0.2, 0) is 59.7 Å². The quantitative estimate of drug-likeness (QED) is 0.0815. The molecule has 16 heteroatoms. The lowest BCUT2D eigenvalue weighted by Crippen LogP contribution is -2.55. The van der Waals surface area contributed by atoms with Gasteiger partial charge in [-0.2, -0.15) is 16.8 Å². The van der Waals surface area contributed by atoms with Gasteiger partial charge >= 0.3 is 11.9 Å². The molecule has 0 saturated heterocycles. The number of esters is 2. The summed E-state index contributed by atoms with van der Waals surface area (Å²) in [5.74, 6) is -1.95. The molecular formula is C53H78N2O12S2. The van der Waals surface area contributed by atoms with E-state index in [0.717, 1.165) is 80.0 Å². The third-order valence-corrected chi connectivity index (χ3v) is 18.1. The maximum atomic E-state index is 13.9. The lowest BCUT2D eigenvalue weighted by molar-refractivity contribution is -0.170. The zero-order valence-corrected chi connectivity index (χ0v) is 43.7. The number of carbonyl (C=O) groups is 4. The molecule has 10 atom stereocenters. The van der Waals surface area contributed by atoms with Crippen molar-refractivity contribution in [3.8, 4) is 0 Å². The third kappa shape index (κ3) is 14.2. The molecule has 4 aliphatic rings. The number of ether oxygens (including phenoxy) is 2. The van der Waals surface area contributed by atoms with E-state index in [4.69, 9.17) is 18.6 Å². The standard InChI is InChI=1S/C53H78N2O12S2/c1-50(2,3)38-13-9-34(10-14-38)36(29-46(56)54-25-27-68(60,61)62)31-48(58)66-41-21-23-52(7)40(33-41)17-18-42-43-19-20-45(53(43,8)24-22-44(42)52)67-49(59)32-37(30-47(57)55-26-28-69(63,64)65)35-11-15-39(16-12-35)51(4,5)6/h9-16,36-37,40-45H,17-33H2,1-8H3,(H,54,56)(H,55,57)(H,60,61,62)(H,63,64,65)/t36?,37?,40?,41-,42-,43-,44-,45-,52-,53-/m0/s1. The van der Waals surface area contributed by atoms with Gasteiger partial charge in [0.1, 0.15) is 12.2 Å². The molecule has 4 N–H and O–H groups in total. The van der Waals surface area contributed by atoms with Crippen LogP contribution in [0.2, 0.25) is 0 Å². The van der Waals surface area contributed by atoms with Crippen molar-refractivity contribution in [1.82, 2.24) is 10.6 Å². The molecule has 0 aliphatic heterocycles. The predicted molar refractivity (Wildman–Crippen MR) is 265 cm³/mol. The van der Waals surface area contributed by atoms with Gasteiger partial charge < -0.3 is 20.1 Å². The zero-order chi connectivity index (χ0) is 50.7. The summed E-state index contributed by atoms with van der Waals surface area (Å²) in [6, 6.07) is 15.8. The number of hydrogen-bond acceptors (Lipinski definition) is 10. The highest BCUT2D eigenvalue weighted by molar-refractivity contribution is 7.86. The topological polar surface area (TPSA) is 220 Å². The summed E-state index contributed by atoms with van der Waals surface area (Å²) in [5.41, 5.74) is 3.59. The lowest BCUT2D eigenvalue weighted by atomic mass is 9.45. The minimum absolute atomic E-state index is 0.00404. The van der Waals surface area contributed by atoms with E-state index in [0.29, 0.717) is 23.7 Å². The number of hydrogen-bond donors (Lipinski definition) is 4. The Hall–Kier alpha value is -3.86. The van der Waals surface area contributed by atoms with Gasteiger partial charge in [0.2, 0.25) is 11.8 Å². The monoisotopic (exact) mass is 998 g/mol. The van der Waals surface area contributed by atoms with Gasteiger partial charge in [-0.3, -0.25) is 28.3 Å². The minimum Gasteiger partial charge on any atom is -0.462 e. The van der Waals surface area contributed by atoms with Crippen LogP contribution < -0.4 is 10.6 Å². The summed E-state index contributed by atoms with van der Waals surface area (Å²) in [7, 11) is -8.48. The van der Waals surface area contributed by atoms with Gasteiger partial charge in [-0.1, -0.05) is 104 Å². The Kier molecular flexibility index (Phi) is 16.9. The molecule has 69 heavy (non-hydrogen) atoms. The number of carbonyl (C=O) groups excluding carboxylic acids is 4. The summed E-state index contributed by atoms with van der Waals surface area (Å²) in [6.45, 7) is 16.9. The number of benzene rings is 2. The van der Waals surface area contributed by atoms with Crippen LogP contribution in [0.4, 0.5) is 0 Å². The first kappa shape index (κ1) is 54.5. The number of rotatable bonds is 18. The number of nitrogens with one attached hydrogen (secondary N) is 2. The largest absolute Gasteiger partial charge is 0.462 e. The first-order chi connectivity index (χ1) is 32.0. The second-order valence-corrected chi connectivity index (χ2v) is 26.5. The van der Waals surface area contributed by atoms with Gasteiger partial charge in [-0.25, -0.2) is 0 Å². The van der Waals surface area contributed by atoms with Crippen molar-refractivity contribution < 1.29 is 54.6 Å². The minimum atomic E-state index is -4.24. The van der Waals surface area contributed by atoms with Crippen LogP contribution in [0.25, 0.3) is 0 Å². The normalized spacial score (nSPS) is 28.0. The highest BCUT2D eigenvalue weighted by Gasteiger charge is 2.61. The van der Waals surface area contributed by atoms with Crippen molar-refractivity contribution in [3.63, 3.8) is 0 Å². The molecule has 0 heterocycles. The van der Waals surface area contributed by atoms with Crippen molar-refractivity contribution in [3.05, 3.63) is 70.8 Å². The van der Waals surface area contributed by atoms with E-state index in [2.05, 4.69) is 66.0 Å². The fourth-order valence-electron chi connectivity index (χ4n) is 12.7. The first-order valence-corrected chi connectivity index (χ1v) is 28.3. The van der Waals surface area contributed by atoms with Gasteiger partial charge in [-0.05, 0) is 120 Å². The Morgan fingerprint density at radius 3 is 1.52 bits per heavy atom. The summed E-state index contributed by atoms with van der Waals surface area (Å²) in [6.07, 6.45) is 7.72. The van der Waals surface area contributed by atoms with Crippen LogP contribution in [-0.4, -0.2) is 86.5 Å². The molecule has 2 amide bonds. The Morgan fingerprint density at radius 1 is 0.609 bits per heavy atom. The van der Waals surface area contributed by atoms with E-state index in [1.165, 1.54) is 0 Å². The maximum absolute atomic E-state index is 13.9. The maximum Gasteiger partial charge on any atom is 0.306 e. The van der Waals surface area contributed by atoms with Crippen molar-refractivity contribution >= 4 is 44.0 Å². The summed E-state index contributed by atoms with van der Waals surface area (Å²) in [4.78, 5) is 53.7. The Bertz CT molecular complexity index is 2370. The average Bonchev–Trinajstić information content (AvgIpc) is 3.57. The highest BCUT2D eigenvalue weighted by Crippen LogP contribution is 2.66. The van der Waals surface area contributed by atoms with Crippen LogP contribution >= 0.6 is 0 Å². The van der Waals surface area contributed by atoms with Crippen molar-refractivity contribution in [2.45, 2.75) is 174 Å².